The summed E-state index contributed by atoms with van der Waals surface area (Å²) in [6, 6.07) is 7.49. The molecule has 3 heterocycles. The smallest absolute Gasteiger partial charge is 0.240 e. The maximum Gasteiger partial charge on any atom is 0.240 e. The number of imide groups is 1. The summed E-state index contributed by atoms with van der Waals surface area (Å²) in [5.74, 6) is -0.916. The first kappa shape index (κ1) is 10.9. The van der Waals surface area contributed by atoms with Crippen molar-refractivity contribution in [3.05, 3.63) is 42.0 Å². The van der Waals surface area contributed by atoms with Crippen LogP contribution in [0.2, 0.25) is 0 Å². The third kappa shape index (κ3) is 1.32. The van der Waals surface area contributed by atoms with Gasteiger partial charge >= 0.3 is 0 Å². The fourth-order valence-electron chi connectivity index (χ4n) is 3.33. The number of hydrogen-bond donors (Lipinski definition) is 0. The lowest BCUT2D eigenvalue weighted by Gasteiger charge is -2.17. The number of benzene rings is 1. The topological polar surface area (TPSA) is 46.6 Å². The molecule has 96 valence electrons. The summed E-state index contributed by atoms with van der Waals surface area (Å²) in [6.07, 6.45) is 3.36. The lowest BCUT2D eigenvalue weighted by atomic mass is 9.85. The van der Waals surface area contributed by atoms with E-state index in [1.807, 2.05) is 37.3 Å². The number of rotatable bonds is 1. The van der Waals surface area contributed by atoms with Crippen molar-refractivity contribution >= 4 is 17.5 Å². The summed E-state index contributed by atoms with van der Waals surface area (Å²) in [5.41, 5.74) is 1.70. The Labute approximate surface area is 110 Å². The minimum Gasteiger partial charge on any atom is -0.365 e. The standard InChI is InChI=1S/C15H13NO3/c1-8-3-2-4-9(7-8)16-14(17)12-10-5-6-11(19-10)13(12)15(16)18/h2-7,10-13H,1H3/t10-,11-,12-,13+/m0/s1. The van der Waals surface area contributed by atoms with E-state index in [4.69, 9.17) is 4.74 Å². The fraction of sp³-hybridized carbons (Fsp3) is 0.333. The van der Waals surface area contributed by atoms with Crippen molar-refractivity contribution in [1.82, 2.24) is 0 Å². The first-order chi connectivity index (χ1) is 9.16. The Hall–Kier alpha value is -1.94. The second kappa shape index (κ2) is 3.54. The molecule has 0 aliphatic carbocycles. The van der Waals surface area contributed by atoms with E-state index in [1.165, 1.54) is 4.90 Å². The van der Waals surface area contributed by atoms with Gasteiger partial charge in [0, 0.05) is 0 Å². The van der Waals surface area contributed by atoms with Crippen LogP contribution in [0, 0.1) is 18.8 Å². The molecule has 4 heteroatoms. The first-order valence-electron chi connectivity index (χ1n) is 6.45. The number of carbonyl (C=O) groups excluding carboxylic acids is 2. The third-order valence-corrected chi connectivity index (χ3v) is 4.17. The van der Waals surface area contributed by atoms with Gasteiger partial charge in [0.2, 0.25) is 11.8 Å². The number of fused-ring (bicyclic) bond motifs is 5. The van der Waals surface area contributed by atoms with Gasteiger partial charge in [0.25, 0.3) is 0 Å². The van der Waals surface area contributed by atoms with Crippen LogP contribution < -0.4 is 4.90 Å². The van der Waals surface area contributed by atoms with E-state index < -0.39 is 0 Å². The number of amides is 2. The largest absolute Gasteiger partial charge is 0.365 e. The highest BCUT2D eigenvalue weighted by Crippen LogP contribution is 2.46. The van der Waals surface area contributed by atoms with Gasteiger partial charge in [-0.3, -0.25) is 9.59 Å². The molecule has 0 spiro atoms. The molecule has 19 heavy (non-hydrogen) atoms. The zero-order valence-corrected chi connectivity index (χ0v) is 10.4. The molecule has 3 aliphatic heterocycles. The van der Waals surface area contributed by atoms with E-state index in [1.54, 1.807) is 6.07 Å². The van der Waals surface area contributed by atoms with E-state index in [-0.39, 0.29) is 35.9 Å². The SMILES string of the molecule is Cc1cccc(N2C(=O)[C@@H]3[C@H](C2=O)[C@@H]2C=C[C@@H]3O2)c1. The average molecular weight is 255 g/mol. The summed E-state index contributed by atoms with van der Waals surface area (Å²) in [5, 5.41) is 0. The molecule has 0 saturated carbocycles. The Kier molecular flexibility index (Phi) is 2.04. The molecule has 2 saturated heterocycles. The highest BCUT2D eigenvalue weighted by molar-refractivity contribution is 6.23. The minimum absolute atomic E-state index is 0.127. The Morgan fingerprint density at radius 3 is 2.26 bits per heavy atom. The molecule has 0 N–H and O–H groups in total. The summed E-state index contributed by atoms with van der Waals surface area (Å²) < 4.78 is 5.61. The lowest BCUT2D eigenvalue weighted by molar-refractivity contribution is -0.124. The van der Waals surface area contributed by atoms with Gasteiger partial charge in [0.05, 0.1) is 29.7 Å². The number of nitrogens with zero attached hydrogens (tertiary/aromatic N) is 1. The molecular formula is C15H13NO3. The van der Waals surface area contributed by atoms with Crippen LogP contribution in [0.4, 0.5) is 5.69 Å². The van der Waals surface area contributed by atoms with Gasteiger partial charge in [0.15, 0.2) is 0 Å². The normalized spacial score (nSPS) is 35.3. The number of carbonyl (C=O) groups is 2. The van der Waals surface area contributed by atoms with Crippen molar-refractivity contribution in [3.8, 4) is 0 Å². The molecule has 0 unspecified atom stereocenters. The predicted octanol–water partition coefficient (Wildman–Crippen LogP) is 1.44. The summed E-state index contributed by atoms with van der Waals surface area (Å²) in [4.78, 5) is 26.3. The maximum absolute atomic E-state index is 12.5. The zero-order chi connectivity index (χ0) is 13.1. The van der Waals surface area contributed by atoms with Crippen LogP contribution in [0.5, 0.6) is 0 Å². The van der Waals surface area contributed by atoms with Crippen LogP contribution in [0.25, 0.3) is 0 Å². The highest BCUT2D eigenvalue weighted by atomic mass is 16.5. The second-order valence-electron chi connectivity index (χ2n) is 5.35. The molecule has 3 aliphatic rings. The number of ether oxygens (including phenoxy) is 1. The summed E-state index contributed by atoms with van der Waals surface area (Å²) in [6.45, 7) is 1.95. The van der Waals surface area contributed by atoms with E-state index in [2.05, 4.69) is 0 Å². The molecule has 1 aromatic carbocycles. The van der Waals surface area contributed by atoms with E-state index in [0.29, 0.717) is 5.69 Å². The maximum atomic E-state index is 12.5. The van der Waals surface area contributed by atoms with E-state index >= 15 is 0 Å². The molecule has 4 atom stereocenters. The van der Waals surface area contributed by atoms with Gasteiger partial charge in [-0.2, -0.15) is 0 Å². The molecule has 4 nitrogen and oxygen atoms in total. The fourth-order valence-corrected chi connectivity index (χ4v) is 3.33. The van der Waals surface area contributed by atoms with Crippen molar-refractivity contribution < 1.29 is 14.3 Å². The molecule has 4 rings (SSSR count). The van der Waals surface area contributed by atoms with Crippen LogP contribution >= 0.6 is 0 Å². The van der Waals surface area contributed by atoms with Crippen molar-refractivity contribution in [2.24, 2.45) is 11.8 Å². The molecule has 2 bridgehead atoms. The third-order valence-electron chi connectivity index (χ3n) is 4.17. The van der Waals surface area contributed by atoms with Gasteiger partial charge < -0.3 is 4.74 Å². The van der Waals surface area contributed by atoms with Crippen LogP contribution in [-0.2, 0) is 14.3 Å². The number of anilines is 1. The van der Waals surface area contributed by atoms with Crippen LogP contribution in [-0.4, -0.2) is 24.0 Å². The molecule has 1 aromatic rings. The van der Waals surface area contributed by atoms with Crippen LogP contribution in [0.15, 0.2) is 36.4 Å². The Morgan fingerprint density at radius 1 is 1.05 bits per heavy atom. The molecule has 0 radical (unpaired) electrons. The van der Waals surface area contributed by atoms with Crippen LogP contribution in [0.3, 0.4) is 0 Å². The monoisotopic (exact) mass is 255 g/mol. The number of aryl methyl sites for hydroxylation is 1. The Balaban J connectivity index is 1.77. The molecule has 2 amide bonds. The lowest BCUT2D eigenvalue weighted by Crippen LogP contribution is -2.34. The van der Waals surface area contributed by atoms with Gasteiger partial charge in [-0.25, -0.2) is 4.90 Å². The van der Waals surface area contributed by atoms with Crippen molar-refractivity contribution in [1.29, 1.82) is 0 Å². The molecule has 2 fully saturated rings. The quantitative estimate of drug-likeness (QED) is 0.563. The molecule has 0 aromatic heterocycles. The number of hydrogen-bond acceptors (Lipinski definition) is 3. The highest BCUT2D eigenvalue weighted by Gasteiger charge is 2.60. The van der Waals surface area contributed by atoms with Gasteiger partial charge in [-0.05, 0) is 24.6 Å². The first-order valence-corrected chi connectivity index (χ1v) is 6.45. The Morgan fingerprint density at radius 2 is 1.68 bits per heavy atom. The predicted molar refractivity (Wildman–Crippen MR) is 68.5 cm³/mol. The molecular weight excluding hydrogens is 242 g/mol. The average Bonchev–Trinajstić information content (AvgIpc) is 3.04. The zero-order valence-electron chi connectivity index (χ0n) is 10.4. The van der Waals surface area contributed by atoms with Crippen molar-refractivity contribution in [3.63, 3.8) is 0 Å². The van der Waals surface area contributed by atoms with Gasteiger partial charge in [0.1, 0.15) is 0 Å². The van der Waals surface area contributed by atoms with Crippen molar-refractivity contribution in [2.45, 2.75) is 19.1 Å². The van der Waals surface area contributed by atoms with E-state index in [9.17, 15) is 9.59 Å². The Bertz CT molecular complexity index is 592. The van der Waals surface area contributed by atoms with Crippen LogP contribution in [0.1, 0.15) is 5.56 Å². The van der Waals surface area contributed by atoms with Gasteiger partial charge in [-0.1, -0.05) is 24.3 Å². The summed E-state index contributed by atoms with van der Waals surface area (Å²) in [7, 11) is 0. The van der Waals surface area contributed by atoms with Gasteiger partial charge in [-0.15, -0.1) is 0 Å². The van der Waals surface area contributed by atoms with Crippen molar-refractivity contribution in [2.75, 3.05) is 4.90 Å². The van der Waals surface area contributed by atoms with E-state index in [0.717, 1.165) is 5.56 Å². The minimum atomic E-state index is -0.331. The summed E-state index contributed by atoms with van der Waals surface area (Å²) >= 11 is 0. The second-order valence-corrected chi connectivity index (χ2v) is 5.35.